The molecule has 0 aliphatic heterocycles. The second-order valence-electron chi connectivity index (χ2n) is 5.62. The number of allylic oxidation sites excluding steroid dienone is 1. The van der Waals surface area contributed by atoms with Gasteiger partial charge >= 0.3 is 0 Å². The summed E-state index contributed by atoms with van der Waals surface area (Å²) in [5, 5.41) is 10.8. The molecule has 0 fully saturated rings. The third-order valence-corrected chi connectivity index (χ3v) is 3.68. The van der Waals surface area contributed by atoms with Crippen LogP contribution in [0.25, 0.3) is 17.3 Å². The Bertz CT molecular complexity index is 946. The van der Waals surface area contributed by atoms with E-state index in [0.717, 1.165) is 16.9 Å². The Morgan fingerprint density at radius 1 is 1.19 bits per heavy atom. The summed E-state index contributed by atoms with van der Waals surface area (Å²) < 4.78 is 5.49. The number of carbonyl (C=O) groups excluding carboxylic acids is 1. The number of aromatic nitrogens is 2. The first kappa shape index (κ1) is 18.1. The van der Waals surface area contributed by atoms with Gasteiger partial charge in [-0.3, -0.25) is 9.89 Å². The van der Waals surface area contributed by atoms with Crippen LogP contribution >= 0.6 is 0 Å². The second-order valence-corrected chi connectivity index (χ2v) is 5.62. The van der Waals surface area contributed by atoms with Gasteiger partial charge in [0.1, 0.15) is 11.4 Å². The minimum Gasteiger partial charge on any atom is -0.494 e. The van der Waals surface area contributed by atoms with E-state index in [2.05, 4.69) is 20.7 Å². The Morgan fingerprint density at radius 3 is 2.85 bits per heavy atom. The number of hydrazone groups is 1. The summed E-state index contributed by atoms with van der Waals surface area (Å²) in [6.07, 6.45) is 5.18. The molecule has 0 atom stereocenters. The van der Waals surface area contributed by atoms with Crippen LogP contribution in [0.4, 0.5) is 0 Å². The van der Waals surface area contributed by atoms with Crippen molar-refractivity contribution in [1.29, 1.82) is 0 Å². The van der Waals surface area contributed by atoms with Crippen molar-refractivity contribution in [3.63, 3.8) is 0 Å². The van der Waals surface area contributed by atoms with Crippen molar-refractivity contribution >= 4 is 18.2 Å². The van der Waals surface area contributed by atoms with Crippen molar-refractivity contribution in [2.45, 2.75) is 6.92 Å². The summed E-state index contributed by atoms with van der Waals surface area (Å²) in [6.45, 7) is 2.52. The first-order chi connectivity index (χ1) is 13.3. The highest BCUT2D eigenvalue weighted by Crippen LogP contribution is 2.22. The molecule has 0 unspecified atom stereocenters. The molecule has 0 spiro atoms. The maximum atomic E-state index is 12.1. The first-order valence-electron chi connectivity index (χ1n) is 8.60. The van der Waals surface area contributed by atoms with Gasteiger partial charge in [0, 0.05) is 11.8 Å². The molecule has 0 aliphatic rings. The molecule has 2 aromatic carbocycles. The maximum absolute atomic E-state index is 12.1. The maximum Gasteiger partial charge on any atom is 0.289 e. The lowest BCUT2D eigenvalue weighted by molar-refractivity contribution is 0.0950. The molecule has 6 heteroatoms. The van der Waals surface area contributed by atoms with Crippen molar-refractivity contribution in [2.75, 3.05) is 6.61 Å². The molecule has 1 amide bonds. The van der Waals surface area contributed by atoms with Crippen LogP contribution in [0.3, 0.4) is 0 Å². The Balaban J connectivity index is 1.59. The van der Waals surface area contributed by atoms with Crippen LogP contribution in [0.5, 0.6) is 5.75 Å². The molecule has 2 N–H and O–H groups in total. The molecule has 0 radical (unpaired) electrons. The number of amides is 1. The number of benzene rings is 2. The summed E-state index contributed by atoms with van der Waals surface area (Å²) in [7, 11) is 0. The predicted octanol–water partition coefficient (Wildman–Crippen LogP) is 3.90. The normalized spacial score (nSPS) is 11.1. The third kappa shape index (κ3) is 5.15. The number of H-pyrrole nitrogens is 1. The Morgan fingerprint density at radius 2 is 2.04 bits per heavy atom. The van der Waals surface area contributed by atoms with Gasteiger partial charge in [-0.2, -0.15) is 10.2 Å². The van der Waals surface area contributed by atoms with Gasteiger partial charge in [-0.05, 0) is 36.8 Å². The summed E-state index contributed by atoms with van der Waals surface area (Å²) in [5.74, 6) is 0.401. The Kier molecular flexibility index (Phi) is 6.14. The lowest BCUT2D eigenvalue weighted by atomic mass is 10.1. The summed E-state index contributed by atoms with van der Waals surface area (Å²) in [5.41, 5.74) is 5.38. The zero-order valence-corrected chi connectivity index (χ0v) is 14.9. The van der Waals surface area contributed by atoms with Crippen molar-refractivity contribution in [3.8, 4) is 17.0 Å². The van der Waals surface area contributed by atoms with Gasteiger partial charge in [-0.1, -0.05) is 48.5 Å². The fourth-order valence-corrected chi connectivity index (χ4v) is 2.42. The fraction of sp³-hybridized carbons (Fsp3) is 0.0952. The van der Waals surface area contributed by atoms with Gasteiger partial charge in [0.05, 0.1) is 12.3 Å². The van der Waals surface area contributed by atoms with Crippen LogP contribution in [-0.4, -0.2) is 28.9 Å². The van der Waals surface area contributed by atoms with Crippen LogP contribution in [0.2, 0.25) is 0 Å². The molecule has 136 valence electrons. The molecule has 3 rings (SSSR count). The molecule has 1 heterocycles. The van der Waals surface area contributed by atoms with Crippen LogP contribution in [0, 0.1) is 0 Å². The number of ether oxygens (including phenoxy) is 1. The standard InChI is InChI=1S/C21H20N4O2/c1-2-27-18-12-6-11-17(14-18)19-15-20(24-23-19)21(26)25-22-13-7-10-16-8-4-3-5-9-16/h3-15H,2H2,1H3,(H,23,24)(H,25,26)/b10-7+,22-13+. The fourth-order valence-electron chi connectivity index (χ4n) is 2.42. The molecular weight excluding hydrogens is 340 g/mol. The van der Waals surface area contributed by atoms with Gasteiger partial charge in [0.2, 0.25) is 0 Å². The summed E-state index contributed by atoms with van der Waals surface area (Å²) >= 11 is 0. The van der Waals surface area contributed by atoms with Gasteiger partial charge in [-0.25, -0.2) is 5.43 Å². The van der Waals surface area contributed by atoms with Crippen LogP contribution in [0.15, 0.2) is 71.8 Å². The van der Waals surface area contributed by atoms with Crippen molar-refractivity contribution in [1.82, 2.24) is 15.6 Å². The number of rotatable bonds is 7. The molecule has 0 bridgehead atoms. The van der Waals surface area contributed by atoms with E-state index in [1.807, 2.05) is 67.6 Å². The van der Waals surface area contributed by atoms with E-state index in [1.54, 1.807) is 12.1 Å². The van der Waals surface area contributed by atoms with Crippen molar-refractivity contribution < 1.29 is 9.53 Å². The van der Waals surface area contributed by atoms with E-state index in [-0.39, 0.29) is 5.91 Å². The van der Waals surface area contributed by atoms with E-state index in [1.165, 1.54) is 6.21 Å². The van der Waals surface area contributed by atoms with Gasteiger partial charge in [0.25, 0.3) is 5.91 Å². The van der Waals surface area contributed by atoms with Gasteiger partial charge < -0.3 is 4.74 Å². The van der Waals surface area contributed by atoms with Gasteiger partial charge in [-0.15, -0.1) is 0 Å². The molecular formula is C21H20N4O2. The van der Waals surface area contributed by atoms with E-state index in [9.17, 15) is 4.79 Å². The summed E-state index contributed by atoms with van der Waals surface area (Å²) in [4.78, 5) is 12.1. The molecule has 27 heavy (non-hydrogen) atoms. The largest absolute Gasteiger partial charge is 0.494 e. The average molecular weight is 360 g/mol. The number of hydrogen-bond acceptors (Lipinski definition) is 4. The third-order valence-electron chi connectivity index (χ3n) is 3.68. The number of nitrogens with one attached hydrogen (secondary N) is 2. The predicted molar refractivity (Wildman–Crippen MR) is 107 cm³/mol. The monoisotopic (exact) mass is 360 g/mol. The van der Waals surface area contributed by atoms with Crippen LogP contribution < -0.4 is 10.2 Å². The Hall–Kier alpha value is -3.67. The van der Waals surface area contributed by atoms with Crippen molar-refractivity contribution in [3.05, 3.63) is 78.0 Å². The number of nitrogens with zero attached hydrogens (tertiary/aromatic N) is 2. The molecule has 1 aromatic heterocycles. The smallest absolute Gasteiger partial charge is 0.289 e. The lowest BCUT2D eigenvalue weighted by Crippen LogP contribution is -2.17. The molecule has 0 saturated carbocycles. The number of hydrogen-bond donors (Lipinski definition) is 2. The number of aromatic amines is 1. The first-order valence-corrected chi connectivity index (χ1v) is 8.60. The highest BCUT2D eigenvalue weighted by Gasteiger charge is 2.10. The quantitative estimate of drug-likeness (QED) is 0.495. The lowest BCUT2D eigenvalue weighted by Gasteiger charge is -2.03. The highest BCUT2D eigenvalue weighted by atomic mass is 16.5. The van der Waals surface area contributed by atoms with E-state index in [4.69, 9.17) is 4.74 Å². The number of carbonyl (C=O) groups is 1. The minimum absolute atomic E-state index is 0.330. The van der Waals surface area contributed by atoms with E-state index < -0.39 is 0 Å². The minimum atomic E-state index is -0.362. The van der Waals surface area contributed by atoms with Crippen LogP contribution in [0.1, 0.15) is 23.0 Å². The second kappa shape index (κ2) is 9.15. The zero-order valence-electron chi connectivity index (χ0n) is 14.9. The molecule has 0 saturated heterocycles. The summed E-state index contributed by atoms with van der Waals surface area (Å²) in [6, 6.07) is 19.1. The molecule has 3 aromatic rings. The molecule has 6 nitrogen and oxygen atoms in total. The zero-order chi connectivity index (χ0) is 18.9. The molecule has 0 aliphatic carbocycles. The van der Waals surface area contributed by atoms with Crippen molar-refractivity contribution in [2.24, 2.45) is 5.10 Å². The van der Waals surface area contributed by atoms with E-state index >= 15 is 0 Å². The van der Waals surface area contributed by atoms with Gasteiger partial charge in [0.15, 0.2) is 0 Å². The average Bonchev–Trinajstić information content (AvgIpc) is 3.19. The SMILES string of the molecule is CCOc1cccc(-c2cc(C(=O)N/N=C/C=C/c3ccccc3)[nH]n2)c1. The van der Waals surface area contributed by atoms with E-state index in [0.29, 0.717) is 18.0 Å². The Labute approximate surface area is 157 Å². The highest BCUT2D eigenvalue weighted by molar-refractivity contribution is 5.94. The topological polar surface area (TPSA) is 79.4 Å². The van der Waals surface area contributed by atoms with Crippen LogP contribution in [-0.2, 0) is 0 Å².